The fourth-order valence-electron chi connectivity index (χ4n) is 2.70. The number of amides is 1. The van der Waals surface area contributed by atoms with E-state index in [0.29, 0.717) is 6.04 Å². The summed E-state index contributed by atoms with van der Waals surface area (Å²) in [5, 5.41) is 4.68. The van der Waals surface area contributed by atoms with E-state index >= 15 is 0 Å². The lowest BCUT2D eigenvalue weighted by Crippen LogP contribution is -2.44. The molecule has 0 bridgehead atoms. The van der Waals surface area contributed by atoms with Crippen LogP contribution in [0.2, 0.25) is 0 Å². The van der Waals surface area contributed by atoms with Gasteiger partial charge >= 0.3 is 0 Å². The number of hydrogen-bond acceptors (Lipinski definition) is 4. The number of guanidine groups is 1. The molecule has 0 radical (unpaired) electrons. The van der Waals surface area contributed by atoms with Crippen LogP contribution in [-0.4, -0.2) is 66.9 Å². The maximum absolute atomic E-state index is 11.9. The number of likely N-dealkylation sites (N-methyl/N-ethyl adjacent to an activating group) is 2. The van der Waals surface area contributed by atoms with Gasteiger partial charge < -0.3 is 15.1 Å². The van der Waals surface area contributed by atoms with Crippen molar-refractivity contribution < 1.29 is 4.79 Å². The van der Waals surface area contributed by atoms with Gasteiger partial charge in [-0.25, -0.2) is 9.98 Å². The third-order valence-corrected chi connectivity index (χ3v) is 5.22. The number of nitrogens with one attached hydrogen (secondary N) is 1. The summed E-state index contributed by atoms with van der Waals surface area (Å²) in [5.41, 5.74) is 0. The molecule has 1 heterocycles. The van der Waals surface area contributed by atoms with Gasteiger partial charge in [-0.2, -0.15) is 0 Å². The van der Waals surface area contributed by atoms with Crippen LogP contribution in [0.15, 0.2) is 11.2 Å². The van der Waals surface area contributed by atoms with Crippen LogP contribution >= 0.6 is 35.3 Å². The maximum atomic E-state index is 11.9. The predicted octanol–water partition coefficient (Wildman–Crippen LogP) is 2.52. The highest BCUT2D eigenvalue weighted by molar-refractivity contribution is 14.0. The van der Waals surface area contributed by atoms with Crippen molar-refractivity contribution in [2.45, 2.75) is 45.1 Å². The lowest BCUT2D eigenvalue weighted by Gasteiger charge is -2.25. The molecule has 1 aliphatic carbocycles. The lowest BCUT2D eigenvalue weighted by molar-refractivity contribution is -0.127. The minimum Gasteiger partial charge on any atom is -0.354 e. The van der Waals surface area contributed by atoms with E-state index in [4.69, 9.17) is 0 Å². The lowest BCUT2D eigenvalue weighted by atomic mass is 10.2. The van der Waals surface area contributed by atoms with Gasteiger partial charge in [0.25, 0.3) is 0 Å². The minimum absolute atomic E-state index is 0. The highest BCUT2D eigenvalue weighted by atomic mass is 127. The second-order valence-electron chi connectivity index (χ2n) is 6.59. The Bertz CT molecular complexity index is 569. The Balaban J connectivity index is 0.00000312. The zero-order valence-electron chi connectivity index (χ0n) is 15.6. The van der Waals surface area contributed by atoms with Gasteiger partial charge in [0.15, 0.2) is 5.96 Å². The first-order chi connectivity index (χ1) is 11.5. The Labute approximate surface area is 172 Å². The summed E-state index contributed by atoms with van der Waals surface area (Å²) < 4.78 is 0. The highest BCUT2D eigenvalue weighted by Crippen LogP contribution is 2.18. The monoisotopic (exact) mass is 479 g/mol. The van der Waals surface area contributed by atoms with E-state index in [2.05, 4.69) is 27.1 Å². The van der Waals surface area contributed by atoms with Gasteiger partial charge in [-0.05, 0) is 19.8 Å². The molecule has 6 nitrogen and oxygen atoms in total. The molecule has 1 aromatic rings. The van der Waals surface area contributed by atoms with Crippen molar-refractivity contribution >= 4 is 47.2 Å². The number of nitrogens with zero attached hydrogens (tertiary/aromatic N) is 4. The third kappa shape index (κ3) is 7.47. The van der Waals surface area contributed by atoms with Gasteiger partial charge in [-0.1, -0.05) is 12.8 Å². The molecule has 1 saturated carbocycles. The minimum atomic E-state index is 0. The number of aryl methyl sites for hydroxylation is 1. The largest absolute Gasteiger partial charge is 0.354 e. The number of aromatic nitrogens is 1. The molecule has 1 fully saturated rings. The molecule has 0 atom stereocenters. The predicted molar refractivity (Wildman–Crippen MR) is 115 cm³/mol. The summed E-state index contributed by atoms with van der Waals surface area (Å²) in [7, 11) is 5.55. The maximum Gasteiger partial charge on any atom is 0.243 e. The Hall–Kier alpha value is -0.900. The van der Waals surface area contributed by atoms with Crippen LogP contribution in [0.5, 0.6) is 0 Å². The molecule has 0 aliphatic heterocycles. The molecule has 0 unspecified atom stereocenters. The summed E-state index contributed by atoms with van der Waals surface area (Å²) in [6.45, 7) is 3.09. The Morgan fingerprint density at radius 1 is 1.36 bits per heavy atom. The zero-order valence-corrected chi connectivity index (χ0v) is 18.8. The fraction of sp³-hybridized carbons (Fsp3) is 0.706. The van der Waals surface area contributed by atoms with Crippen molar-refractivity contribution in [3.05, 3.63) is 16.1 Å². The van der Waals surface area contributed by atoms with E-state index in [1.165, 1.54) is 30.6 Å². The summed E-state index contributed by atoms with van der Waals surface area (Å²) in [4.78, 5) is 25.7. The van der Waals surface area contributed by atoms with Crippen LogP contribution < -0.4 is 5.32 Å². The van der Waals surface area contributed by atoms with Gasteiger partial charge in [-0.15, -0.1) is 35.3 Å². The molecule has 8 heteroatoms. The van der Waals surface area contributed by atoms with Crippen LogP contribution in [-0.2, 0) is 11.2 Å². The number of rotatable bonds is 6. The van der Waals surface area contributed by atoms with Crippen LogP contribution in [0.1, 0.15) is 35.6 Å². The van der Waals surface area contributed by atoms with E-state index in [-0.39, 0.29) is 36.4 Å². The molecular weight excluding hydrogens is 449 g/mol. The van der Waals surface area contributed by atoms with Crippen LogP contribution in [0, 0.1) is 6.92 Å². The number of carbonyl (C=O) groups excluding carboxylic acids is 1. The zero-order chi connectivity index (χ0) is 17.5. The number of halogens is 1. The van der Waals surface area contributed by atoms with E-state index < -0.39 is 0 Å². The van der Waals surface area contributed by atoms with Crippen molar-refractivity contribution in [3.8, 4) is 0 Å². The average Bonchev–Trinajstić information content (AvgIpc) is 3.20. The van der Waals surface area contributed by atoms with E-state index in [1.54, 1.807) is 30.3 Å². The Morgan fingerprint density at radius 3 is 2.60 bits per heavy atom. The molecule has 2 rings (SSSR count). The fourth-order valence-corrected chi connectivity index (χ4v) is 3.48. The SMILES string of the molecule is Cc1cnc(CCN(C)C(=NCC(=O)N(C)C)NC2CCCC2)s1.I. The first-order valence-electron chi connectivity index (χ1n) is 8.59. The molecule has 0 saturated heterocycles. The number of aliphatic imine (C=N–C) groups is 1. The first-order valence-corrected chi connectivity index (χ1v) is 9.41. The second kappa shape index (κ2) is 10.9. The first kappa shape index (κ1) is 22.1. The highest BCUT2D eigenvalue weighted by Gasteiger charge is 2.18. The molecule has 1 aromatic heterocycles. The van der Waals surface area contributed by atoms with Crippen LogP contribution in [0.25, 0.3) is 0 Å². The Morgan fingerprint density at radius 2 is 2.04 bits per heavy atom. The van der Waals surface area contributed by atoms with Crippen molar-refractivity contribution in [1.29, 1.82) is 0 Å². The van der Waals surface area contributed by atoms with E-state index in [9.17, 15) is 4.79 Å². The standard InChI is InChI=1S/C17H29N5OS.HI/c1-13-11-18-15(24-13)9-10-22(4)17(19-12-16(23)21(2)3)20-14-7-5-6-8-14;/h11,14H,5-10,12H2,1-4H3,(H,19,20);1H. The van der Waals surface area contributed by atoms with Crippen molar-refractivity contribution in [1.82, 2.24) is 20.1 Å². The quantitative estimate of drug-likeness (QED) is 0.387. The van der Waals surface area contributed by atoms with Crippen LogP contribution in [0.3, 0.4) is 0 Å². The van der Waals surface area contributed by atoms with E-state index in [0.717, 1.165) is 23.9 Å². The van der Waals surface area contributed by atoms with Gasteiger partial charge in [-0.3, -0.25) is 4.79 Å². The summed E-state index contributed by atoms with van der Waals surface area (Å²) >= 11 is 1.74. The number of hydrogen-bond donors (Lipinski definition) is 1. The van der Waals surface area contributed by atoms with Crippen molar-refractivity contribution in [2.24, 2.45) is 4.99 Å². The Kier molecular flexibility index (Phi) is 9.70. The number of carbonyl (C=O) groups is 1. The third-order valence-electron chi connectivity index (χ3n) is 4.24. The van der Waals surface area contributed by atoms with E-state index in [1.807, 2.05) is 13.2 Å². The normalized spacial score (nSPS) is 15.0. The molecule has 0 aromatic carbocycles. The molecule has 1 N–H and O–H groups in total. The molecular formula is C17H30IN5OS. The van der Waals surface area contributed by atoms with Crippen molar-refractivity contribution in [3.63, 3.8) is 0 Å². The van der Waals surface area contributed by atoms with Gasteiger partial charge in [0, 0.05) is 51.2 Å². The van der Waals surface area contributed by atoms with Crippen LogP contribution in [0.4, 0.5) is 0 Å². The smallest absolute Gasteiger partial charge is 0.243 e. The molecule has 0 spiro atoms. The molecule has 142 valence electrons. The summed E-state index contributed by atoms with van der Waals surface area (Å²) in [5.74, 6) is 0.843. The average molecular weight is 479 g/mol. The molecule has 25 heavy (non-hydrogen) atoms. The summed E-state index contributed by atoms with van der Waals surface area (Å²) in [6, 6.07) is 0.475. The van der Waals surface area contributed by atoms with Crippen molar-refractivity contribution in [2.75, 3.05) is 34.2 Å². The van der Waals surface area contributed by atoms with Gasteiger partial charge in [0.1, 0.15) is 6.54 Å². The topological polar surface area (TPSA) is 60.8 Å². The van der Waals surface area contributed by atoms with Gasteiger partial charge in [0.05, 0.1) is 5.01 Å². The summed E-state index contributed by atoms with van der Waals surface area (Å²) in [6.07, 6.45) is 7.71. The second-order valence-corrected chi connectivity index (χ2v) is 7.91. The molecule has 1 amide bonds. The number of thiazole rings is 1. The molecule has 1 aliphatic rings. The van der Waals surface area contributed by atoms with Gasteiger partial charge in [0.2, 0.25) is 5.91 Å².